The summed E-state index contributed by atoms with van der Waals surface area (Å²) in [5.41, 5.74) is 0. The van der Waals surface area contributed by atoms with Crippen LogP contribution >= 0.6 is 12.4 Å². The minimum atomic E-state index is 0. The number of halogens is 1. The summed E-state index contributed by atoms with van der Waals surface area (Å²) in [5, 5.41) is 0. The molecule has 0 spiro atoms. The van der Waals surface area contributed by atoms with E-state index in [-0.39, 0.29) is 12.4 Å². The molecule has 92 valence electrons. The second kappa shape index (κ2) is 10.8. The van der Waals surface area contributed by atoms with E-state index >= 15 is 0 Å². The van der Waals surface area contributed by atoms with Gasteiger partial charge in [0.15, 0.2) is 0 Å². The molecule has 0 aromatic rings. The molecule has 0 aliphatic carbocycles. The highest BCUT2D eigenvalue weighted by Gasteiger charge is 2.08. The van der Waals surface area contributed by atoms with Gasteiger partial charge in [-0.3, -0.25) is 0 Å². The Hall–Kier alpha value is 0.250. The molecule has 1 saturated heterocycles. The molecule has 0 bridgehead atoms. The molecule has 0 amide bonds. The van der Waals surface area contributed by atoms with Crippen molar-refractivity contribution in [2.75, 3.05) is 19.6 Å². The molecule has 0 aromatic heterocycles. The van der Waals surface area contributed by atoms with Gasteiger partial charge >= 0.3 is 0 Å². The molecular weight excluding hydrogens is 206 g/mol. The van der Waals surface area contributed by atoms with E-state index in [1.54, 1.807) is 0 Å². The van der Waals surface area contributed by atoms with Gasteiger partial charge in [0.25, 0.3) is 0 Å². The first-order valence-corrected chi connectivity index (χ1v) is 6.66. The van der Waals surface area contributed by atoms with Crippen LogP contribution in [-0.4, -0.2) is 24.5 Å². The molecule has 1 heterocycles. The molecule has 0 atom stereocenters. The first-order chi connectivity index (χ1) is 6.93. The van der Waals surface area contributed by atoms with Crippen LogP contribution in [0.4, 0.5) is 0 Å². The van der Waals surface area contributed by atoms with Crippen LogP contribution in [0.1, 0.15) is 64.7 Å². The Labute approximate surface area is 102 Å². The van der Waals surface area contributed by atoms with Gasteiger partial charge in [0.1, 0.15) is 0 Å². The van der Waals surface area contributed by atoms with E-state index in [0.29, 0.717) is 0 Å². The second-order valence-electron chi connectivity index (χ2n) is 4.67. The standard InChI is InChI=1S/C13H27N.ClH/c1-2-3-4-5-6-8-11-14-12-9-7-10-13-14;/h2-13H2,1H3;1H. The van der Waals surface area contributed by atoms with Gasteiger partial charge in [0.2, 0.25) is 0 Å². The van der Waals surface area contributed by atoms with Gasteiger partial charge in [0, 0.05) is 0 Å². The molecule has 1 fully saturated rings. The number of hydrogen-bond acceptors (Lipinski definition) is 1. The van der Waals surface area contributed by atoms with Gasteiger partial charge in [-0.1, -0.05) is 45.4 Å². The molecule has 0 aromatic carbocycles. The Balaban J connectivity index is 0.00000196. The van der Waals surface area contributed by atoms with E-state index in [2.05, 4.69) is 11.8 Å². The van der Waals surface area contributed by atoms with E-state index in [1.807, 2.05) is 0 Å². The fraction of sp³-hybridized carbons (Fsp3) is 1.00. The van der Waals surface area contributed by atoms with Crippen molar-refractivity contribution in [3.8, 4) is 0 Å². The van der Waals surface area contributed by atoms with Crippen LogP contribution in [0.15, 0.2) is 0 Å². The van der Waals surface area contributed by atoms with Crippen molar-refractivity contribution < 1.29 is 0 Å². The van der Waals surface area contributed by atoms with Crippen molar-refractivity contribution in [1.29, 1.82) is 0 Å². The molecule has 1 rings (SSSR count). The van der Waals surface area contributed by atoms with E-state index in [0.717, 1.165) is 0 Å². The number of nitrogens with zero attached hydrogens (tertiary/aromatic N) is 1. The molecule has 0 N–H and O–H groups in total. The number of piperidine rings is 1. The third-order valence-corrected chi connectivity index (χ3v) is 3.28. The Morgan fingerprint density at radius 2 is 1.40 bits per heavy atom. The number of unbranched alkanes of at least 4 members (excludes halogenated alkanes) is 5. The minimum absolute atomic E-state index is 0. The van der Waals surface area contributed by atoms with Crippen LogP contribution in [-0.2, 0) is 0 Å². The van der Waals surface area contributed by atoms with Crippen LogP contribution in [0.3, 0.4) is 0 Å². The van der Waals surface area contributed by atoms with Gasteiger partial charge in [-0.25, -0.2) is 0 Å². The predicted molar refractivity (Wildman–Crippen MR) is 70.9 cm³/mol. The van der Waals surface area contributed by atoms with E-state index < -0.39 is 0 Å². The monoisotopic (exact) mass is 233 g/mol. The summed E-state index contributed by atoms with van der Waals surface area (Å²) in [6, 6.07) is 0. The quantitative estimate of drug-likeness (QED) is 0.594. The Morgan fingerprint density at radius 1 is 0.800 bits per heavy atom. The maximum Gasteiger partial charge on any atom is -0.00187 e. The number of likely N-dealkylation sites (tertiary alicyclic amines) is 1. The topological polar surface area (TPSA) is 3.24 Å². The summed E-state index contributed by atoms with van der Waals surface area (Å²) in [6.45, 7) is 6.39. The molecule has 0 unspecified atom stereocenters. The largest absolute Gasteiger partial charge is 0.303 e. The van der Waals surface area contributed by atoms with Gasteiger partial charge in [-0.2, -0.15) is 0 Å². The maximum atomic E-state index is 2.66. The summed E-state index contributed by atoms with van der Waals surface area (Å²) in [6.07, 6.45) is 13.0. The highest BCUT2D eigenvalue weighted by molar-refractivity contribution is 5.85. The summed E-state index contributed by atoms with van der Waals surface area (Å²) in [5.74, 6) is 0. The number of rotatable bonds is 7. The molecule has 0 radical (unpaired) electrons. The lowest BCUT2D eigenvalue weighted by Gasteiger charge is -2.26. The highest BCUT2D eigenvalue weighted by atomic mass is 35.5. The number of hydrogen-bond donors (Lipinski definition) is 0. The van der Waals surface area contributed by atoms with Crippen LogP contribution in [0.25, 0.3) is 0 Å². The van der Waals surface area contributed by atoms with E-state index in [4.69, 9.17) is 0 Å². The third-order valence-electron chi connectivity index (χ3n) is 3.28. The molecule has 15 heavy (non-hydrogen) atoms. The fourth-order valence-electron chi connectivity index (χ4n) is 2.30. The summed E-state index contributed by atoms with van der Waals surface area (Å²) >= 11 is 0. The smallest absolute Gasteiger partial charge is 0.00187 e. The second-order valence-corrected chi connectivity index (χ2v) is 4.67. The van der Waals surface area contributed by atoms with Crippen molar-refractivity contribution in [2.45, 2.75) is 64.7 Å². The first kappa shape index (κ1) is 15.2. The summed E-state index contributed by atoms with van der Waals surface area (Å²) in [4.78, 5) is 2.66. The molecule has 2 heteroatoms. The Kier molecular flexibility index (Phi) is 10.9. The van der Waals surface area contributed by atoms with Crippen LogP contribution in [0, 0.1) is 0 Å². The van der Waals surface area contributed by atoms with Crippen molar-refractivity contribution in [3.63, 3.8) is 0 Å². The van der Waals surface area contributed by atoms with E-state index in [1.165, 1.54) is 77.4 Å². The zero-order valence-corrected chi connectivity index (χ0v) is 11.2. The fourth-order valence-corrected chi connectivity index (χ4v) is 2.30. The van der Waals surface area contributed by atoms with E-state index in [9.17, 15) is 0 Å². The highest BCUT2D eigenvalue weighted by Crippen LogP contribution is 2.11. The Bertz CT molecular complexity index is 122. The Morgan fingerprint density at radius 3 is 2.07 bits per heavy atom. The van der Waals surface area contributed by atoms with Crippen molar-refractivity contribution in [3.05, 3.63) is 0 Å². The molecular formula is C13H28ClN. The third kappa shape index (κ3) is 8.10. The normalized spacial score (nSPS) is 17.4. The molecule has 1 aliphatic heterocycles. The lowest BCUT2D eigenvalue weighted by Crippen LogP contribution is -2.30. The SMILES string of the molecule is CCCCCCCCN1CCCCC1.Cl. The predicted octanol–water partition coefficient (Wildman–Crippen LogP) is 4.25. The summed E-state index contributed by atoms with van der Waals surface area (Å²) < 4.78 is 0. The molecule has 0 saturated carbocycles. The van der Waals surface area contributed by atoms with Crippen LogP contribution in [0.2, 0.25) is 0 Å². The van der Waals surface area contributed by atoms with Gasteiger partial charge < -0.3 is 4.90 Å². The van der Waals surface area contributed by atoms with Gasteiger partial charge in [-0.15, -0.1) is 12.4 Å². The zero-order valence-electron chi connectivity index (χ0n) is 10.3. The molecule has 1 aliphatic rings. The van der Waals surface area contributed by atoms with Crippen LogP contribution < -0.4 is 0 Å². The molecule has 1 nitrogen and oxygen atoms in total. The lowest BCUT2D eigenvalue weighted by atomic mass is 10.1. The van der Waals surface area contributed by atoms with Crippen molar-refractivity contribution in [1.82, 2.24) is 4.90 Å². The van der Waals surface area contributed by atoms with Crippen LogP contribution in [0.5, 0.6) is 0 Å². The van der Waals surface area contributed by atoms with Gasteiger partial charge in [-0.05, 0) is 38.9 Å². The average Bonchev–Trinajstić information content (AvgIpc) is 2.25. The zero-order chi connectivity index (χ0) is 10.1. The first-order valence-electron chi connectivity index (χ1n) is 6.66. The van der Waals surface area contributed by atoms with Crippen molar-refractivity contribution in [2.24, 2.45) is 0 Å². The van der Waals surface area contributed by atoms with Gasteiger partial charge in [0.05, 0.1) is 0 Å². The average molecular weight is 234 g/mol. The maximum absolute atomic E-state index is 2.66. The minimum Gasteiger partial charge on any atom is -0.303 e. The lowest BCUT2D eigenvalue weighted by molar-refractivity contribution is 0.224. The summed E-state index contributed by atoms with van der Waals surface area (Å²) in [7, 11) is 0. The van der Waals surface area contributed by atoms with Crippen molar-refractivity contribution >= 4 is 12.4 Å².